The molecule has 2 rings (SSSR count). The number of aliphatic hydroxyl groups is 1. The smallest absolute Gasteiger partial charge is 0.194 e. The van der Waals surface area contributed by atoms with Crippen molar-refractivity contribution in [2.45, 2.75) is 37.7 Å². The van der Waals surface area contributed by atoms with Crippen LogP contribution in [0.3, 0.4) is 0 Å². The number of carbonyl (C=O) groups excluding carboxylic acids is 1. The highest BCUT2D eigenvalue weighted by Gasteiger charge is 2.39. The molecule has 1 aromatic carbocycles. The van der Waals surface area contributed by atoms with Crippen molar-refractivity contribution in [1.29, 1.82) is 0 Å². The van der Waals surface area contributed by atoms with E-state index in [0.717, 1.165) is 24.8 Å². The summed E-state index contributed by atoms with van der Waals surface area (Å²) in [4.78, 5) is 12.3. The maximum absolute atomic E-state index is 12.3. The number of carbonyl (C=O) groups is 1. The van der Waals surface area contributed by atoms with Crippen LogP contribution < -0.4 is 0 Å². The van der Waals surface area contributed by atoms with Gasteiger partial charge >= 0.3 is 0 Å². The zero-order chi connectivity index (χ0) is 12.3. The Kier molecular flexibility index (Phi) is 3.43. The van der Waals surface area contributed by atoms with E-state index in [9.17, 15) is 9.90 Å². The van der Waals surface area contributed by atoms with Crippen LogP contribution in [0.1, 0.15) is 41.6 Å². The van der Waals surface area contributed by atoms with Crippen LogP contribution in [0.25, 0.3) is 0 Å². The van der Waals surface area contributed by atoms with Gasteiger partial charge in [0.2, 0.25) is 0 Å². The molecule has 1 aliphatic rings. The predicted octanol–water partition coefficient (Wildman–Crippen LogP) is 2.90. The third-order valence-electron chi connectivity index (χ3n) is 3.49. The van der Waals surface area contributed by atoms with E-state index in [1.54, 1.807) is 0 Å². The zero-order valence-electron chi connectivity index (χ0n) is 9.98. The quantitative estimate of drug-likeness (QED) is 0.638. The summed E-state index contributed by atoms with van der Waals surface area (Å²) in [6, 6.07) is 7.58. The molecule has 2 nitrogen and oxygen atoms in total. The molecular formula is C15H18O2. The number of allylic oxidation sites excluding steroid dienone is 1. The number of hydrogen-bond acceptors (Lipinski definition) is 2. The molecule has 0 heterocycles. The summed E-state index contributed by atoms with van der Waals surface area (Å²) >= 11 is 0. The van der Waals surface area contributed by atoms with Crippen molar-refractivity contribution < 1.29 is 9.90 Å². The molecule has 0 saturated heterocycles. The normalized spacial score (nSPS) is 23.2. The highest BCUT2D eigenvalue weighted by Crippen LogP contribution is 2.32. The van der Waals surface area contributed by atoms with Crippen LogP contribution in [0, 0.1) is 0 Å². The van der Waals surface area contributed by atoms with Crippen molar-refractivity contribution in [1.82, 2.24) is 0 Å². The minimum atomic E-state index is -1.16. The lowest BCUT2D eigenvalue weighted by molar-refractivity contribution is 0.0189. The molecule has 90 valence electrons. The van der Waals surface area contributed by atoms with Gasteiger partial charge in [0, 0.05) is 5.56 Å². The Morgan fingerprint density at radius 1 is 1.41 bits per heavy atom. The van der Waals surface area contributed by atoms with Gasteiger partial charge in [0.1, 0.15) is 5.60 Å². The standard InChI is InChI=1S/C15H18O2/c1-2-3-6-10-15(17)11-9-12-7-4-5-8-13(12)14(15)16/h2,4-5,7-8,17H,1,3,6,9-11H2. The van der Waals surface area contributed by atoms with E-state index in [2.05, 4.69) is 6.58 Å². The maximum atomic E-state index is 12.3. The molecule has 0 fully saturated rings. The fourth-order valence-electron chi connectivity index (χ4n) is 2.44. The molecule has 0 radical (unpaired) electrons. The van der Waals surface area contributed by atoms with Crippen LogP contribution in [0.15, 0.2) is 36.9 Å². The molecule has 17 heavy (non-hydrogen) atoms. The molecule has 1 unspecified atom stereocenters. The number of rotatable bonds is 4. The number of unbranched alkanes of at least 4 members (excludes halogenated alkanes) is 1. The monoisotopic (exact) mass is 230 g/mol. The number of aryl methyl sites for hydroxylation is 1. The van der Waals surface area contributed by atoms with Crippen LogP contribution >= 0.6 is 0 Å². The van der Waals surface area contributed by atoms with E-state index in [-0.39, 0.29) is 5.78 Å². The largest absolute Gasteiger partial charge is 0.382 e. The molecular weight excluding hydrogens is 212 g/mol. The summed E-state index contributed by atoms with van der Waals surface area (Å²) in [5.41, 5.74) is 0.600. The molecule has 1 N–H and O–H groups in total. The van der Waals surface area contributed by atoms with Crippen LogP contribution in [0.4, 0.5) is 0 Å². The van der Waals surface area contributed by atoms with Gasteiger partial charge in [-0.3, -0.25) is 4.79 Å². The first kappa shape index (κ1) is 12.1. The molecule has 0 aromatic heterocycles. The Labute approximate surface area is 102 Å². The average molecular weight is 230 g/mol. The number of benzene rings is 1. The van der Waals surface area contributed by atoms with Crippen LogP contribution in [0.5, 0.6) is 0 Å². The molecule has 2 heteroatoms. The van der Waals surface area contributed by atoms with E-state index in [4.69, 9.17) is 0 Å². The van der Waals surface area contributed by atoms with E-state index >= 15 is 0 Å². The van der Waals surface area contributed by atoms with Crippen molar-refractivity contribution in [2.75, 3.05) is 0 Å². The second kappa shape index (κ2) is 4.84. The van der Waals surface area contributed by atoms with E-state index in [1.165, 1.54) is 0 Å². The number of Topliss-reactive ketones (excluding diaryl/α,β-unsaturated/α-hetero) is 1. The Hall–Kier alpha value is -1.41. The molecule has 0 amide bonds. The molecule has 1 aromatic rings. The summed E-state index contributed by atoms with van der Waals surface area (Å²) in [5.74, 6) is -0.108. The van der Waals surface area contributed by atoms with Gasteiger partial charge in [-0.15, -0.1) is 6.58 Å². The third kappa shape index (κ3) is 2.32. The van der Waals surface area contributed by atoms with Gasteiger partial charge in [-0.2, -0.15) is 0 Å². The maximum Gasteiger partial charge on any atom is 0.194 e. The van der Waals surface area contributed by atoms with Gasteiger partial charge in [0.15, 0.2) is 5.78 Å². The summed E-state index contributed by atoms with van der Waals surface area (Å²) in [7, 11) is 0. The van der Waals surface area contributed by atoms with Gasteiger partial charge in [0.05, 0.1) is 0 Å². The summed E-state index contributed by atoms with van der Waals surface area (Å²) in [5, 5.41) is 10.4. The Morgan fingerprint density at radius 2 is 2.18 bits per heavy atom. The van der Waals surface area contributed by atoms with Crippen molar-refractivity contribution in [3.8, 4) is 0 Å². The van der Waals surface area contributed by atoms with Gasteiger partial charge in [-0.05, 0) is 37.7 Å². The van der Waals surface area contributed by atoms with Crippen molar-refractivity contribution in [2.24, 2.45) is 0 Å². The highest BCUT2D eigenvalue weighted by atomic mass is 16.3. The second-order valence-electron chi connectivity index (χ2n) is 4.70. The first-order valence-electron chi connectivity index (χ1n) is 6.13. The third-order valence-corrected chi connectivity index (χ3v) is 3.49. The lowest BCUT2D eigenvalue weighted by Crippen LogP contribution is -2.42. The number of fused-ring (bicyclic) bond motifs is 1. The van der Waals surface area contributed by atoms with Gasteiger partial charge < -0.3 is 5.11 Å². The predicted molar refractivity (Wildman–Crippen MR) is 68.1 cm³/mol. The lowest BCUT2D eigenvalue weighted by atomic mass is 9.77. The molecule has 1 atom stereocenters. The molecule has 0 bridgehead atoms. The fraction of sp³-hybridized carbons (Fsp3) is 0.400. The number of hydrogen-bond donors (Lipinski definition) is 1. The first-order valence-corrected chi connectivity index (χ1v) is 6.13. The van der Waals surface area contributed by atoms with Gasteiger partial charge in [-0.1, -0.05) is 30.3 Å². The van der Waals surface area contributed by atoms with Crippen LogP contribution in [0.2, 0.25) is 0 Å². The summed E-state index contributed by atoms with van der Waals surface area (Å²) < 4.78 is 0. The molecule has 0 spiro atoms. The zero-order valence-corrected chi connectivity index (χ0v) is 9.98. The van der Waals surface area contributed by atoms with Gasteiger partial charge in [-0.25, -0.2) is 0 Å². The van der Waals surface area contributed by atoms with E-state index < -0.39 is 5.60 Å². The highest BCUT2D eigenvalue weighted by molar-refractivity contribution is 6.04. The van der Waals surface area contributed by atoms with Gasteiger partial charge in [0.25, 0.3) is 0 Å². The molecule has 0 aliphatic heterocycles. The van der Waals surface area contributed by atoms with Crippen molar-refractivity contribution in [3.63, 3.8) is 0 Å². The Morgan fingerprint density at radius 3 is 2.94 bits per heavy atom. The minimum Gasteiger partial charge on any atom is -0.382 e. The Balaban J connectivity index is 2.18. The first-order chi connectivity index (χ1) is 8.17. The summed E-state index contributed by atoms with van der Waals surface area (Å²) in [6.45, 7) is 3.65. The SMILES string of the molecule is C=CCCCC1(O)CCc2ccccc2C1=O. The average Bonchev–Trinajstić information content (AvgIpc) is 2.35. The minimum absolute atomic E-state index is 0.108. The Bertz CT molecular complexity index is 436. The lowest BCUT2D eigenvalue weighted by Gasteiger charge is -2.31. The topological polar surface area (TPSA) is 37.3 Å². The number of ketones is 1. The van der Waals surface area contributed by atoms with Crippen LogP contribution in [-0.2, 0) is 6.42 Å². The molecule has 1 aliphatic carbocycles. The van der Waals surface area contributed by atoms with Crippen LogP contribution in [-0.4, -0.2) is 16.5 Å². The fourth-order valence-corrected chi connectivity index (χ4v) is 2.44. The summed E-state index contributed by atoms with van der Waals surface area (Å²) in [6.07, 6.45) is 5.34. The molecule has 0 saturated carbocycles. The van der Waals surface area contributed by atoms with E-state index in [0.29, 0.717) is 18.4 Å². The van der Waals surface area contributed by atoms with Crippen molar-refractivity contribution in [3.05, 3.63) is 48.0 Å². The van der Waals surface area contributed by atoms with E-state index in [1.807, 2.05) is 30.3 Å². The van der Waals surface area contributed by atoms with Crippen molar-refractivity contribution >= 4 is 5.78 Å². The second-order valence-corrected chi connectivity index (χ2v) is 4.70.